The van der Waals surface area contributed by atoms with Gasteiger partial charge >= 0.3 is 0 Å². The number of morpholine rings is 1. The van der Waals surface area contributed by atoms with Gasteiger partial charge in [-0.25, -0.2) is 18.3 Å². The van der Waals surface area contributed by atoms with Gasteiger partial charge in [0.05, 0.1) is 48.5 Å². The van der Waals surface area contributed by atoms with E-state index >= 15 is 0 Å². The molecule has 2 unspecified atom stereocenters. The van der Waals surface area contributed by atoms with Crippen molar-refractivity contribution in [1.82, 2.24) is 14.6 Å². The molecule has 2 aliphatic heterocycles. The Balaban J connectivity index is 1.48. The first-order chi connectivity index (χ1) is 15.9. The molecule has 1 saturated heterocycles. The van der Waals surface area contributed by atoms with Crippen LogP contribution in [0.1, 0.15) is 36.3 Å². The van der Waals surface area contributed by atoms with Crippen LogP contribution in [-0.4, -0.2) is 63.3 Å². The number of hydrogen-bond acceptors (Lipinski definition) is 8. The number of aromatic nitrogens is 3. The van der Waals surface area contributed by atoms with Crippen LogP contribution in [-0.2, 0) is 11.2 Å². The number of nitrogens with zero attached hydrogens (tertiary/aromatic N) is 4. The molecule has 5 rings (SSSR count). The maximum Gasteiger partial charge on any atom is 0.266 e. The van der Waals surface area contributed by atoms with Crippen LogP contribution in [0.25, 0.3) is 5.65 Å². The van der Waals surface area contributed by atoms with Crippen LogP contribution in [0.2, 0.25) is 0 Å². The van der Waals surface area contributed by atoms with E-state index in [2.05, 4.69) is 20.3 Å². The highest BCUT2D eigenvalue weighted by molar-refractivity contribution is 5.75. The highest BCUT2D eigenvalue weighted by Crippen LogP contribution is 2.42. The van der Waals surface area contributed by atoms with E-state index in [0.29, 0.717) is 49.7 Å². The zero-order valence-electron chi connectivity index (χ0n) is 18.0. The predicted octanol–water partition coefficient (Wildman–Crippen LogP) is 2.29. The van der Waals surface area contributed by atoms with E-state index in [9.17, 15) is 19.0 Å². The standard InChI is InChI=1S/C22H25F2N5O4/c1-22(12-30)8-13-6-16(17(7-18(13)33-22)28-2-4-32-5-3-28)27-21(31)15-10-26-29-11-14(19(23)24)9-25-20(15)29/h6-7,9-11,19,21,27,30-31H,2-5,8,12H2,1H3. The van der Waals surface area contributed by atoms with Crippen molar-refractivity contribution >= 4 is 17.0 Å². The van der Waals surface area contributed by atoms with Gasteiger partial charge in [-0.2, -0.15) is 5.10 Å². The van der Waals surface area contributed by atoms with Crippen molar-refractivity contribution in [2.45, 2.75) is 31.6 Å². The monoisotopic (exact) mass is 461 g/mol. The number of nitrogens with one attached hydrogen (secondary N) is 1. The van der Waals surface area contributed by atoms with E-state index < -0.39 is 18.3 Å². The lowest BCUT2D eigenvalue weighted by molar-refractivity contribution is 0.0446. The molecule has 0 amide bonds. The van der Waals surface area contributed by atoms with Crippen LogP contribution in [0.3, 0.4) is 0 Å². The summed E-state index contributed by atoms with van der Waals surface area (Å²) in [5.41, 5.74) is 2.12. The van der Waals surface area contributed by atoms with Gasteiger partial charge in [-0.3, -0.25) is 0 Å². The Hall–Kier alpha value is -3.02. The van der Waals surface area contributed by atoms with Crippen LogP contribution in [0.15, 0.2) is 30.7 Å². The van der Waals surface area contributed by atoms with Gasteiger partial charge in [0.15, 0.2) is 11.9 Å². The largest absolute Gasteiger partial charge is 0.484 e. The minimum atomic E-state index is -2.66. The number of fused-ring (bicyclic) bond motifs is 2. The number of aliphatic hydroxyl groups is 2. The number of anilines is 2. The van der Waals surface area contributed by atoms with Crippen LogP contribution in [0.5, 0.6) is 5.75 Å². The van der Waals surface area contributed by atoms with E-state index in [-0.39, 0.29) is 17.8 Å². The molecule has 9 nitrogen and oxygen atoms in total. The summed E-state index contributed by atoms with van der Waals surface area (Å²) in [5.74, 6) is 0.699. The summed E-state index contributed by atoms with van der Waals surface area (Å²) in [6.07, 6.45) is 0.373. The van der Waals surface area contributed by atoms with Gasteiger partial charge in [0.2, 0.25) is 0 Å². The first kappa shape index (κ1) is 21.8. The lowest BCUT2D eigenvalue weighted by Gasteiger charge is -2.31. The fourth-order valence-corrected chi connectivity index (χ4v) is 4.26. The van der Waals surface area contributed by atoms with E-state index in [0.717, 1.165) is 17.4 Å². The first-order valence-corrected chi connectivity index (χ1v) is 10.7. The van der Waals surface area contributed by atoms with Crippen LogP contribution in [0.4, 0.5) is 20.2 Å². The summed E-state index contributed by atoms with van der Waals surface area (Å²) < 4.78 is 38.7. The summed E-state index contributed by atoms with van der Waals surface area (Å²) in [5, 5.41) is 27.9. The van der Waals surface area contributed by atoms with Gasteiger partial charge < -0.3 is 29.9 Å². The lowest BCUT2D eigenvalue weighted by Crippen LogP contribution is -2.36. The SMILES string of the molecule is CC1(CO)Cc2cc(NC(O)c3cnn4cc(C(F)F)cnc34)c(N3CCOCC3)cc2O1. The van der Waals surface area contributed by atoms with Gasteiger partial charge in [-0.1, -0.05) is 0 Å². The van der Waals surface area contributed by atoms with Gasteiger partial charge in [0.1, 0.15) is 11.4 Å². The molecule has 0 aliphatic carbocycles. The van der Waals surface area contributed by atoms with Crippen molar-refractivity contribution in [3.05, 3.63) is 47.4 Å². The molecule has 2 aromatic heterocycles. The third kappa shape index (κ3) is 4.07. The summed E-state index contributed by atoms with van der Waals surface area (Å²) in [6, 6.07) is 3.83. The molecule has 1 fully saturated rings. The second kappa shape index (κ2) is 8.40. The van der Waals surface area contributed by atoms with Crippen LogP contribution < -0.4 is 15.0 Å². The maximum absolute atomic E-state index is 13.0. The lowest BCUT2D eigenvalue weighted by atomic mass is 9.99. The number of aliphatic hydroxyl groups excluding tert-OH is 2. The zero-order valence-corrected chi connectivity index (χ0v) is 18.0. The van der Waals surface area contributed by atoms with Gasteiger partial charge in [-0.15, -0.1) is 0 Å². The average Bonchev–Trinajstić information content (AvgIpc) is 3.39. The number of halogens is 2. The van der Waals surface area contributed by atoms with Crippen molar-refractivity contribution < 1.29 is 28.5 Å². The van der Waals surface area contributed by atoms with Crippen molar-refractivity contribution in [2.75, 3.05) is 43.1 Å². The van der Waals surface area contributed by atoms with Crippen molar-refractivity contribution in [3.8, 4) is 5.75 Å². The highest BCUT2D eigenvalue weighted by Gasteiger charge is 2.36. The minimum Gasteiger partial charge on any atom is -0.484 e. The van der Waals surface area contributed by atoms with Gasteiger partial charge in [0.25, 0.3) is 6.43 Å². The Labute approximate surface area is 188 Å². The molecule has 4 heterocycles. The highest BCUT2D eigenvalue weighted by atomic mass is 19.3. The van der Waals surface area contributed by atoms with Crippen LogP contribution >= 0.6 is 0 Å². The number of hydrogen-bond donors (Lipinski definition) is 3. The molecule has 11 heteroatoms. The van der Waals surface area contributed by atoms with Crippen molar-refractivity contribution in [1.29, 1.82) is 0 Å². The minimum absolute atomic E-state index is 0.116. The Morgan fingerprint density at radius 3 is 2.76 bits per heavy atom. The van der Waals surface area contributed by atoms with E-state index in [1.54, 1.807) is 0 Å². The molecule has 0 bridgehead atoms. The second-order valence-electron chi connectivity index (χ2n) is 8.57. The quantitative estimate of drug-likeness (QED) is 0.481. The summed E-state index contributed by atoms with van der Waals surface area (Å²) in [4.78, 5) is 6.21. The summed E-state index contributed by atoms with van der Waals surface area (Å²) in [6.45, 7) is 4.25. The number of alkyl halides is 2. The number of rotatable bonds is 6. The summed E-state index contributed by atoms with van der Waals surface area (Å²) >= 11 is 0. The van der Waals surface area contributed by atoms with Gasteiger partial charge in [-0.05, 0) is 13.0 Å². The normalized spacial score (nSPS) is 21.3. The molecule has 33 heavy (non-hydrogen) atoms. The third-order valence-corrected chi connectivity index (χ3v) is 6.03. The molecular formula is C22H25F2N5O4. The van der Waals surface area contributed by atoms with E-state index in [1.165, 1.54) is 16.9 Å². The molecule has 2 atom stereocenters. The molecule has 176 valence electrons. The second-order valence-corrected chi connectivity index (χ2v) is 8.57. The predicted molar refractivity (Wildman–Crippen MR) is 116 cm³/mol. The zero-order chi connectivity index (χ0) is 23.2. The molecule has 0 radical (unpaired) electrons. The van der Waals surface area contributed by atoms with Crippen molar-refractivity contribution in [2.24, 2.45) is 0 Å². The molecule has 0 spiro atoms. The molecular weight excluding hydrogens is 436 g/mol. The molecule has 0 saturated carbocycles. The molecule has 2 aliphatic rings. The molecule has 3 aromatic rings. The average molecular weight is 461 g/mol. The fourth-order valence-electron chi connectivity index (χ4n) is 4.26. The topological polar surface area (TPSA) is 104 Å². The van der Waals surface area contributed by atoms with Gasteiger partial charge in [0, 0.05) is 43.5 Å². The Morgan fingerprint density at radius 1 is 1.24 bits per heavy atom. The fraction of sp³-hybridized carbons (Fsp3) is 0.455. The van der Waals surface area contributed by atoms with E-state index in [4.69, 9.17) is 9.47 Å². The summed E-state index contributed by atoms with van der Waals surface area (Å²) in [7, 11) is 0. The van der Waals surface area contributed by atoms with Crippen molar-refractivity contribution in [3.63, 3.8) is 0 Å². The molecule has 3 N–H and O–H groups in total. The number of benzene rings is 1. The Kier molecular flexibility index (Phi) is 5.55. The Bertz CT molecular complexity index is 1170. The number of ether oxygens (including phenoxy) is 2. The smallest absolute Gasteiger partial charge is 0.266 e. The van der Waals surface area contributed by atoms with Crippen LogP contribution in [0, 0.1) is 0 Å². The maximum atomic E-state index is 13.0. The molecule has 1 aromatic carbocycles. The first-order valence-electron chi connectivity index (χ1n) is 10.7. The Morgan fingerprint density at radius 2 is 2.03 bits per heavy atom. The van der Waals surface area contributed by atoms with E-state index in [1.807, 2.05) is 19.1 Å². The third-order valence-electron chi connectivity index (χ3n) is 6.03.